The lowest BCUT2D eigenvalue weighted by Gasteiger charge is -2.29. The van der Waals surface area contributed by atoms with E-state index in [0.717, 1.165) is 32.7 Å². The maximum atomic E-state index is 3.37. The summed E-state index contributed by atoms with van der Waals surface area (Å²) in [6.45, 7) is 5.45. The van der Waals surface area contributed by atoms with Gasteiger partial charge in [-0.3, -0.25) is 0 Å². The van der Waals surface area contributed by atoms with Crippen molar-refractivity contribution >= 4 is 5.69 Å². The first-order valence-electron chi connectivity index (χ1n) is 5.95. The number of hydrogen-bond acceptors (Lipinski definition) is 3. The molecule has 1 fully saturated rings. The van der Waals surface area contributed by atoms with E-state index < -0.39 is 0 Å². The highest BCUT2D eigenvalue weighted by Crippen LogP contribution is 2.16. The Morgan fingerprint density at radius 3 is 2.31 bits per heavy atom. The van der Waals surface area contributed by atoms with Crippen LogP contribution < -0.4 is 10.2 Å². The van der Waals surface area contributed by atoms with Gasteiger partial charge in [-0.05, 0) is 31.8 Å². The minimum absolute atomic E-state index is 1.02. The van der Waals surface area contributed by atoms with Crippen molar-refractivity contribution in [2.75, 3.05) is 45.2 Å². The van der Waals surface area contributed by atoms with Gasteiger partial charge in [0.15, 0.2) is 0 Å². The molecule has 0 amide bonds. The molecule has 1 aromatic rings. The second-order valence-corrected chi connectivity index (χ2v) is 4.64. The summed E-state index contributed by atoms with van der Waals surface area (Å²) in [7, 11) is 4.20. The minimum atomic E-state index is 1.02. The lowest BCUT2D eigenvalue weighted by molar-refractivity contribution is 0.402. The molecule has 0 saturated carbocycles. The fraction of sp³-hybridized carbons (Fsp3) is 0.538. The van der Waals surface area contributed by atoms with Crippen LogP contribution in [0.1, 0.15) is 5.56 Å². The van der Waals surface area contributed by atoms with E-state index in [4.69, 9.17) is 0 Å². The van der Waals surface area contributed by atoms with E-state index in [1.165, 1.54) is 11.3 Å². The molecule has 1 saturated heterocycles. The number of anilines is 1. The van der Waals surface area contributed by atoms with Gasteiger partial charge in [-0.25, -0.2) is 0 Å². The highest BCUT2D eigenvalue weighted by atomic mass is 15.2. The lowest BCUT2D eigenvalue weighted by Crippen LogP contribution is -2.43. The molecule has 0 aliphatic carbocycles. The van der Waals surface area contributed by atoms with Crippen LogP contribution >= 0.6 is 0 Å². The highest BCUT2D eigenvalue weighted by Gasteiger charge is 2.09. The molecular formula is C13H21N3. The Labute approximate surface area is 98.0 Å². The molecule has 0 radical (unpaired) electrons. The summed E-state index contributed by atoms with van der Waals surface area (Å²) in [5.74, 6) is 0. The van der Waals surface area contributed by atoms with E-state index in [1.807, 2.05) is 0 Å². The largest absolute Gasteiger partial charge is 0.369 e. The maximum absolute atomic E-state index is 3.37. The molecular weight excluding hydrogens is 198 g/mol. The van der Waals surface area contributed by atoms with Gasteiger partial charge in [-0.1, -0.05) is 12.1 Å². The fourth-order valence-electron chi connectivity index (χ4n) is 2.10. The SMILES string of the molecule is CN(C)Cc1ccc(N2CCNCC2)cc1. The summed E-state index contributed by atoms with van der Waals surface area (Å²) >= 11 is 0. The zero-order valence-corrected chi connectivity index (χ0v) is 10.2. The third kappa shape index (κ3) is 2.97. The summed E-state index contributed by atoms with van der Waals surface area (Å²) in [6, 6.07) is 8.95. The summed E-state index contributed by atoms with van der Waals surface area (Å²) in [5.41, 5.74) is 2.73. The van der Waals surface area contributed by atoms with Crippen molar-refractivity contribution in [1.82, 2.24) is 10.2 Å². The van der Waals surface area contributed by atoms with E-state index in [0.29, 0.717) is 0 Å². The van der Waals surface area contributed by atoms with E-state index in [1.54, 1.807) is 0 Å². The van der Waals surface area contributed by atoms with Crippen LogP contribution in [-0.2, 0) is 6.54 Å². The van der Waals surface area contributed by atoms with Gasteiger partial charge in [0.2, 0.25) is 0 Å². The normalized spacial score (nSPS) is 16.8. The first-order valence-corrected chi connectivity index (χ1v) is 5.95. The first-order chi connectivity index (χ1) is 7.75. The van der Waals surface area contributed by atoms with E-state index >= 15 is 0 Å². The molecule has 0 spiro atoms. The van der Waals surface area contributed by atoms with Gasteiger partial charge in [0.1, 0.15) is 0 Å². The van der Waals surface area contributed by atoms with Gasteiger partial charge < -0.3 is 15.1 Å². The molecule has 3 heteroatoms. The van der Waals surface area contributed by atoms with Gasteiger partial charge in [-0.2, -0.15) is 0 Å². The van der Waals surface area contributed by atoms with Crippen LogP contribution in [-0.4, -0.2) is 45.2 Å². The zero-order valence-electron chi connectivity index (χ0n) is 10.2. The predicted molar refractivity (Wildman–Crippen MR) is 68.9 cm³/mol. The predicted octanol–water partition coefficient (Wildman–Crippen LogP) is 1.16. The number of rotatable bonds is 3. The average molecular weight is 219 g/mol. The molecule has 0 atom stereocenters. The van der Waals surface area contributed by atoms with Gasteiger partial charge in [-0.15, -0.1) is 0 Å². The molecule has 1 heterocycles. The monoisotopic (exact) mass is 219 g/mol. The van der Waals surface area contributed by atoms with Gasteiger partial charge in [0.25, 0.3) is 0 Å². The third-order valence-corrected chi connectivity index (χ3v) is 2.92. The molecule has 1 aromatic carbocycles. The Balaban J connectivity index is 2.00. The summed E-state index contributed by atoms with van der Waals surface area (Å²) < 4.78 is 0. The van der Waals surface area contributed by atoms with Gasteiger partial charge >= 0.3 is 0 Å². The van der Waals surface area contributed by atoms with E-state index in [2.05, 4.69) is 53.5 Å². The van der Waals surface area contributed by atoms with Crippen molar-refractivity contribution in [3.8, 4) is 0 Å². The molecule has 1 N–H and O–H groups in total. The van der Waals surface area contributed by atoms with Crippen LogP contribution in [0.3, 0.4) is 0 Å². The average Bonchev–Trinajstić information content (AvgIpc) is 2.30. The zero-order chi connectivity index (χ0) is 11.4. The van der Waals surface area contributed by atoms with E-state index in [-0.39, 0.29) is 0 Å². The molecule has 88 valence electrons. The van der Waals surface area contributed by atoms with Crippen LogP contribution in [0.5, 0.6) is 0 Å². The van der Waals surface area contributed by atoms with Crippen molar-refractivity contribution in [3.63, 3.8) is 0 Å². The third-order valence-electron chi connectivity index (χ3n) is 2.92. The molecule has 2 rings (SSSR count). The number of hydrogen-bond donors (Lipinski definition) is 1. The van der Waals surface area contributed by atoms with Crippen molar-refractivity contribution in [2.24, 2.45) is 0 Å². The van der Waals surface area contributed by atoms with Crippen LogP contribution in [0.25, 0.3) is 0 Å². The fourth-order valence-corrected chi connectivity index (χ4v) is 2.10. The maximum Gasteiger partial charge on any atom is 0.0367 e. The molecule has 0 bridgehead atoms. The van der Waals surface area contributed by atoms with Crippen molar-refractivity contribution in [2.45, 2.75) is 6.54 Å². The standard InChI is InChI=1S/C13H21N3/c1-15(2)11-12-3-5-13(6-4-12)16-9-7-14-8-10-16/h3-6,14H,7-11H2,1-2H3. The Kier molecular flexibility index (Phi) is 3.80. The van der Waals surface area contributed by atoms with Crippen LogP contribution in [0, 0.1) is 0 Å². The van der Waals surface area contributed by atoms with Crippen molar-refractivity contribution < 1.29 is 0 Å². The summed E-state index contributed by atoms with van der Waals surface area (Å²) in [5, 5.41) is 3.37. The Morgan fingerprint density at radius 2 is 1.75 bits per heavy atom. The van der Waals surface area contributed by atoms with Crippen LogP contribution in [0.2, 0.25) is 0 Å². The molecule has 1 aliphatic heterocycles. The molecule has 0 unspecified atom stereocenters. The molecule has 3 nitrogen and oxygen atoms in total. The Hall–Kier alpha value is -1.06. The summed E-state index contributed by atoms with van der Waals surface area (Å²) in [4.78, 5) is 4.63. The molecule has 0 aromatic heterocycles. The second-order valence-electron chi connectivity index (χ2n) is 4.64. The topological polar surface area (TPSA) is 18.5 Å². The number of piperazine rings is 1. The smallest absolute Gasteiger partial charge is 0.0367 e. The number of nitrogens with one attached hydrogen (secondary N) is 1. The molecule has 1 aliphatic rings. The van der Waals surface area contributed by atoms with Gasteiger partial charge in [0, 0.05) is 38.4 Å². The lowest BCUT2D eigenvalue weighted by atomic mass is 10.2. The van der Waals surface area contributed by atoms with Crippen LogP contribution in [0.15, 0.2) is 24.3 Å². The second kappa shape index (κ2) is 5.32. The van der Waals surface area contributed by atoms with Crippen molar-refractivity contribution in [3.05, 3.63) is 29.8 Å². The summed E-state index contributed by atoms with van der Waals surface area (Å²) in [6.07, 6.45) is 0. The van der Waals surface area contributed by atoms with Crippen molar-refractivity contribution in [1.29, 1.82) is 0 Å². The first kappa shape index (κ1) is 11.4. The highest BCUT2D eigenvalue weighted by molar-refractivity contribution is 5.48. The van der Waals surface area contributed by atoms with Crippen LogP contribution in [0.4, 0.5) is 5.69 Å². The quantitative estimate of drug-likeness (QED) is 0.823. The van der Waals surface area contributed by atoms with E-state index in [9.17, 15) is 0 Å². The number of nitrogens with zero attached hydrogens (tertiary/aromatic N) is 2. The molecule has 16 heavy (non-hydrogen) atoms. The Bertz CT molecular complexity index is 312. The van der Waals surface area contributed by atoms with Gasteiger partial charge in [0.05, 0.1) is 0 Å². The minimum Gasteiger partial charge on any atom is -0.369 e. The number of benzene rings is 1. The Morgan fingerprint density at radius 1 is 1.12 bits per heavy atom.